The molecule has 0 spiro atoms. The van der Waals surface area contributed by atoms with Crippen LogP contribution in [0.15, 0.2) is 40.6 Å². The molecule has 1 aromatic heterocycles. The van der Waals surface area contributed by atoms with Gasteiger partial charge in [-0.1, -0.05) is 0 Å². The van der Waals surface area contributed by atoms with E-state index in [1.165, 1.54) is 34.9 Å². The van der Waals surface area contributed by atoms with E-state index in [1.54, 1.807) is 24.7 Å². The largest absolute Gasteiger partial charge is 0.497 e. The van der Waals surface area contributed by atoms with Crippen molar-refractivity contribution in [2.24, 2.45) is 0 Å². The van der Waals surface area contributed by atoms with E-state index in [9.17, 15) is 18.4 Å². The summed E-state index contributed by atoms with van der Waals surface area (Å²) in [5.41, 5.74) is 2.59. The normalized spacial score (nSPS) is 20.0. The van der Waals surface area contributed by atoms with Gasteiger partial charge in [-0.25, -0.2) is 13.9 Å². The van der Waals surface area contributed by atoms with Crippen LogP contribution in [0.1, 0.15) is 22.8 Å². The average Bonchev–Trinajstić information content (AvgIpc) is 3.14. The lowest BCUT2D eigenvalue weighted by molar-refractivity contribution is -0.134. The Hall–Kier alpha value is -1.98. The molecule has 29 heavy (non-hydrogen) atoms. The van der Waals surface area contributed by atoms with Gasteiger partial charge in [-0.05, 0) is 54.1 Å². The standard InChI is InChI=1S/C19H24N2O6S2/c1-26-11-8-16-15-9-12-28-17(15)7-10-21(18(16)19(22)20-23)29(24,25)14-5-3-13(27-2)4-6-14/h3-6,9,12,16,18,23H,7-8,10-11H2,1-2H3,(H,20,22)/t16-,18-/m1/s1. The summed E-state index contributed by atoms with van der Waals surface area (Å²) in [6, 6.07) is 6.84. The van der Waals surface area contributed by atoms with E-state index >= 15 is 0 Å². The smallest absolute Gasteiger partial charge is 0.262 e. The van der Waals surface area contributed by atoms with Crippen LogP contribution in [0.4, 0.5) is 0 Å². The third-order valence-electron chi connectivity index (χ3n) is 5.11. The van der Waals surface area contributed by atoms with E-state index in [0.29, 0.717) is 25.2 Å². The number of hydrogen-bond acceptors (Lipinski definition) is 7. The van der Waals surface area contributed by atoms with Crippen molar-refractivity contribution in [1.82, 2.24) is 9.79 Å². The third kappa shape index (κ3) is 4.31. The second-order valence-corrected chi connectivity index (χ2v) is 9.54. The number of fused-ring (bicyclic) bond motifs is 1. The monoisotopic (exact) mass is 440 g/mol. The van der Waals surface area contributed by atoms with Gasteiger partial charge in [0.25, 0.3) is 5.91 Å². The lowest BCUT2D eigenvalue weighted by atomic mass is 9.89. The molecule has 2 atom stereocenters. The summed E-state index contributed by atoms with van der Waals surface area (Å²) in [5, 5.41) is 11.3. The molecule has 0 radical (unpaired) electrons. The molecule has 158 valence electrons. The Morgan fingerprint density at radius 2 is 2.00 bits per heavy atom. The number of nitrogens with zero attached hydrogens (tertiary/aromatic N) is 1. The van der Waals surface area contributed by atoms with E-state index in [0.717, 1.165) is 10.4 Å². The zero-order chi connectivity index (χ0) is 21.0. The van der Waals surface area contributed by atoms with Crippen molar-refractivity contribution in [1.29, 1.82) is 0 Å². The Morgan fingerprint density at radius 1 is 1.28 bits per heavy atom. The highest BCUT2D eigenvalue weighted by atomic mass is 32.2. The van der Waals surface area contributed by atoms with Gasteiger partial charge in [0.05, 0.1) is 12.0 Å². The second-order valence-electron chi connectivity index (χ2n) is 6.65. The molecule has 1 aromatic carbocycles. The maximum absolute atomic E-state index is 13.5. The number of hydrogen-bond donors (Lipinski definition) is 2. The van der Waals surface area contributed by atoms with Gasteiger partial charge in [0.15, 0.2) is 0 Å². The molecule has 0 fully saturated rings. The zero-order valence-electron chi connectivity index (χ0n) is 16.2. The Balaban J connectivity index is 2.07. The topological polar surface area (TPSA) is 105 Å². The molecule has 0 aliphatic carbocycles. The number of methoxy groups -OCH3 is 2. The van der Waals surface area contributed by atoms with Crippen LogP contribution >= 0.6 is 11.3 Å². The van der Waals surface area contributed by atoms with Crippen molar-refractivity contribution in [3.63, 3.8) is 0 Å². The first-order valence-electron chi connectivity index (χ1n) is 9.09. The molecular weight excluding hydrogens is 416 g/mol. The second kappa shape index (κ2) is 9.23. The van der Waals surface area contributed by atoms with Gasteiger partial charge in [-0.15, -0.1) is 11.3 Å². The minimum absolute atomic E-state index is 0.0600. The minimum atomic E-state index is -4.00. The van der Waals surface area contributed by atoms with Crippen LogP contribution in [0.2, 0.25) is 0 Å². The van der Waals surface area contributed by atoms with Crippen LogP contribution in [-0.2, 0) is 26.0 Å². The fraction of sp³-hybridized carbons (Fsp3) is 0.421. The number of rotatable bonds is 7. The molecule has 0 saturated carbocycles. The maximum atomic E-state index is 13.5. The molecule has 10 heteroatoms. The summed E-state index contributed by atoms with van der Waals surface area (Å²) in [5.74, 6) is -0.675. The number of thiophene rings is 1. The lowest BCUT2D eigenvalue weighted by Crippen LogP contribution is -2.51. The Kier molecular flexibility index (Phi) is 6.91. The average molecular weight is 441 g/mol. The Labute approximate surface area is 174 Å². The predicted molar refractivity (Wildman–Crippen MR) is 108 cm³/mol. The fourth-order valence-electron chi connectivity index (χ4n) is 3.70. The summed E-state index contributed by atoms with van der Waals surface area (Å²) in [6.45, 7) is 0.481. The fourth-order valence-corrected chi connectivity index (χ4v) is 6.26. The van der Waals surface area contributed by atoms with Crippen molar-refractivity contribution in [3.05, 3.63) is 46.2 Å². The molecule has 0 saturated heterocycles. The number of amides is 1. The van der Waals surface area contributed by atoms with Crippen LogP contribution < -0.4 is 10.2 Å². The first-order chi connectivity index (χ1) is 13.9. The Bertz CT molecular complexity index is 942. The van der Waals surface area contributed by atoms with E-state index in [1.807, 2.05) is 11.4 Å². The van der Waals surface area contributed by atoms with Crippen molar-refractivity contribution in [2.45, 2.75) is 29.7 Å². The molecule has 2 N–H and O–H groups in total. The van der Waals surface area contributed by atoms with Crippen molar-refractivity contribution in [2.75, 3.05) is 27.4 Å². The van der Waals surface area contributed by atoms with E-state index < -0.39 is 27.9 Å². The summed E-state index contributed by atoms with van der Waals surface area (Å²) in [4.78, 5) is 13.8. The molecule has 1 amide bonds. The summed E-state index contributed by atoms with van der Waals surface area (Å²) < 4.78 is 38.4. The third-order valence-corrected chi connectivity index (χ3v) is 8.00. The predicted octanol–water partition coefficient (Wildman–Crippen LogP) is 2.00. The molecule has 2 heterocycles. The van der Waals surface area contributed by atoms with E-state index in [4.69, 9.17) is 9.47 Å². The SMILES string of the molecule is COCC[C@@H]1c2ccsc2CCN(S(=O)(=O)c2ccc(OC)cc2)[C@H]1C(=O)NO. The van der Waals surface area contributed by atoms with Gasteiger partial charge < -0.3 is 9.47 Å². The van der Waals surface area contributed by atoms with E-state index in [-0.39, 0.29) is 11.4 Å². The van der Waals surface area contributed by atoms with Gasteiger partial charge in [-0.2, -0.15) is 4.31 Å². The number of benzene rings is 1. The molecular formula is C19H24N2O6S2. The van der Waals surface area contributed by atoms with Crippen molar-refractivity contribution in [3.8, 4) is 5.75 Å². The number of nitrogens with one attached hydrogen (secondary N) is 1. The number of sulfonamides is 1. The van der Waals surface area contributed by atoms with Gasteiger partial charge in [0.1, 0.15) is 11.8 Å². The van der Waals surface area contributed by atoms with Gasteiger partial charge in [0, 0.05) is 31.1 Å². The molecule has 0 unspecified atom stereocenters. The van der Waals surface area contributed by atoms with Crippen molar-refractivity contribution < 1.29 is 27.9 Å². The number of carbonyl (C=O) groups excluding carboxylic acids is 1. The van der Waals surface area contributed by atoms with Gasteiger partial charge in [0.2, 0.25) is 10.0 Å². The summed E-state index contributed by atoms with van der Waals surface area (Å²) in [6.07, 6.45) is 0.925. The lowest BCUT2D eigenvalue weighted by Gasteiger charge is -2.32. The molecule has 2 aromatic rings. The van der Waals surface area contributed by atoms with Gasteiger partial charge in [-0.3, -0.25) is 10.0 Å². The van der Waals surface area contributed by atoms with E-state index in [2.05, 4.69) is 0 Å². The summed E-state index contributed by atoms with van der Waals surface area (Å²) >= 11 is 1.54. The van der Waals surface area contributed by atoms with Crippen LogP contribution in [0, 0.1) is 0 Å². The van der Waals surface area contributed by atoms with Crippen LogP contribution in [0.3, 0.4) is 0 Å². The quantitative estimate of drug-likeness (QED) is 0.504. The molecule has 8 nitrogen and oxygen atoms in total. The highest BCUT2D eigenvalue weighted by Crippen LogP contribution is 2.38. The summed E-state index contributed by atoms with van der Waals surface area (Å²) in [7, 11) is -0.946. The van der Waals surface area contributed by atoms with Crippen LogP contribution in [-0.4, -0.2) is 57.3 Å². The number of carbonyl (C=O) groups is 1. The number of hydroxylamine groups is 1. The van der Waals surface area contributed by atoms with Crippen molar-refractivity contribution >= 4 is 27.3 Å². The first kappa shape index (κ1) is 21.7. The van der Waals surface area contributed by atoms with Gasteiger partial charge >= 0.3 is 0 Å². The highest BCUT2D eigenvalue weighted by molar-refractivity contribution is 7.89. The van der Waals surface area contributed by atoms with Crippen LogP contribution in [0.5, 0.6) is 5.75 Å². The number of ether oxygens (including phenoxy) is 2. The first-order valence-corrected chi connectivity index (χ1v) is 11.4. The highest BCUT2D eigenvalue weighted by Gasteiger charge is 2.44. The molecule has 0 bridgehead atoms. The minimum Gasteiger partial charge on any atom is -0.497 e. The van der Waals surface area contributed by atoms with Crippen LogP contribution in [0.25, 0.3) is 0 Å². The molecule has 1 aliphatic rings. The zero-order valence-corrected chi connectivity index (χ0v) is 17.8. The molecule has 1 aliphatic heterocycles. The molecule has 3 rings (SSSR count). The Morgan fingerprint density at radius 3 is 2.62 bits per heavy atom. The maximum Gasteiger partial charge on any atom is 0.262 e.